The number of aromatic nitrogens is 2. The minimum atomic E-state index is -0.127. The Bertz CT molecular complexity index is 487. The van der Waals surface area contributed by atoms with Crippen molar-refractivity contribution in [3.05, 3.63) is 35.9 Å². The van der Waals surface area contributed by atoms with Crippen molar-refractivity contribution in [2.45, 2.75) is 6.92 Å². The van der Waals surface area contributed by atoms with Gasteiger partial charge in [-0.2, -0.15) is 0 Å². The van der Waals surface area contributed by atoms with E-state index in [-0.39, 0.29) is 12.3 Å². The van der Waals surface area contributed by atoms with Gasteiger partial charge >= 0.3 is 0 Å². The Morgan fingerprint density at radius 3 is 3.07 bits per heavy atom. The molecule has 2 aromatic heterocycles. The third kappa shape index (κ3) is 1.20. The van der Waals surface area contributed by atoms with Gasteiger partial charge in [-0.3, -0.25) is 4.79 Å². The quantitative estimate of drug-likeness (QED) is 0.710. The molecule has 2 heterocycles. The third-order valence-corrected chi connectivity index (χ3v) is 2.23. The summed E-state index contributed by atoms with van der Waals surface area (Å²) in [6, 6.07) is 5.73. The molecule has 4 heteroatoms. The Morgan fingerprint density at radius 2 is 2.36 bits per heavy atom. The van der Waals surface area contributed by atoms with Crippen LogP contribution in [0.5, 0.6) is 0 Å². The number of pyridine rings is 1. The maximum atomic E-state index is 11.4. The van der Waals surface area contributed by atoms with Crippen LogP contribution in [0, 0.1) is 6.92 Å². The molecule has 0 amide bonds. The number of Topliss-reactive ketones (excluding diaryl/α,β-unsaturated/α-hetero) is 1. The van der Waals surface area contributed by atoms with E-state index in [1.54, 1.807) is 6.33 Å². The van der Waals surface area contributed by atoms with Crippen molar-refractivity contribution in [1.82, 2.24) is 9.38 Å². The lowest BCUT2D eigenvalue weighted by Crippen LogP contribution is -2.14. The normalized spacial score (nSPS) is 10.7. The van der Waals surface area contributed by atoms with E-state index in [1.165, 1.54) is 0 Å². The summed E-state index contributed by atoms with van der Waals surface area (Å²) in [5.41, 5.74) is 7.62. The van der Waals surface area contributed by atoms with Gasteiger partial charge in [-0.15, -0.1) is 0 Å². The van der Waals surface area contributed by atoms with Crippen LogP contribution in [0.4, 0.5) is 0 Å². The van der Waals surface area contributed by atoms with Crippen molar-refractivity contribution in [2.24, 2.45) is 5.73 Å². The molecule has 2 N–H and O–H groups in total. The number of nitrogens with two attached hydrogens (primary N) is 1. The number of ketones is 1. The van der Waals surface area contributed by atoms with E-state index < -0.39 is 0 Å². The fraction of sp³-hybridized carbons (Fsp3) is 0.200. The summed E-state index contributed by atoms with van der Waals surface area (Å²) in [4.78, 5) is 15.5. The zero-order valence-corrected chi connectivity index (χ0v) is 7.90. The van der Waals surface area contributed by atoms with E-state index in [0.717, 1.165) is 11.2 Å². The lowest BCUT2D eigenvalue weighted by Gasteiger charge is -1.98. The number of rotatable bonds is 2. The molecular formula is C10H11N3O. The molecule has 0 saturated heterocycles. The van der Waals surface area contributed by atoms with Crippen LogP contribution in [0.2, 0.25) is 0 Å². The Labute approximate surface area is 81.4 Å². The Hall–Kier alpha value is -1.68. The van der Waals surface area contributed by atoms with Gasteiger partial charge in [0.25, 0.3) is 0 Å². The number of hydrogen-bond donors (Lipinski definition) is 1. The molecular weight excluding hydrogens is 178 g/mol. The average molecular weight is 189 g/mol. The van der Waals surface area contributed by atoms with Gasteiger partial charge in [0.05, 0.1) is 12.1 Å². The fourth-order valence-electron chi connectivity index (χ4n) is 1.47. The molecule has 0 saturated carbocycles. The molecule has 72 valence electrons. The van der Waals surface area contributed by atoms with Crippen molar-refractivity contribution in [2.75, 3.05) is 6.54 Å². The van der Waals surface area contributed by atoms with Crippen molar-refractivity contribution in [1.29, 1.82) is 0 Å². The number of imidazole rings is 1. The molecule has 2 rings (SSSR count). The second kappa shape index (κ2) is 3.23. The summed E-state index contributed by atoms with van der Waals surface area (Å²) in [7, 11) is 0. The lowest BCUT2D eigenvalue weighted by molar-refractivity contribution is 0.0999. The van der Waals surface area contributed by atoms with Crippen molar-refractivity contribution in [3.63, 3.8) is 0 Å². The molecule has 0 unspecified atom stereocenters. The van der Waals surface area contributed by atoms with Crippen LogP contribution < -0.4 is 5.73 Å². The van der Waals surface area contributed by atoms with Gasteiger partial charge < -0.3 is 10.1 Å². The van der Waals surface area contributed by atoms with Crippen LogP contribution in [-0.4, -0.2) is 21.7 Å². The standard InChI is InChI=1S/C10H11N3O/c1-7-3-2-4-8-10(9(14)5-11)12-6-13(7)8/h2-4,6H,5,11H2,1H3. The highest BCUT2D eigenvalue weighted by molar-refractivity contribution is 6.01. The van der Waals surface area contributed by atoms with Gasteiger partial charge in [-0.25, -0.2) is 4.98 Å². The fourth-order valence-corrected chi connectivity index (χ4v) is 1.47. The topological polar surface area (TPSA) is 60.4 Å². The SMILES string of the molecule is Cc1cccc2c(C(=O)CN)ncn12. The molecule has 0 aliphatic rings. The van der Waals surface area contributed by atoms with Crippen LogP contribution >= 0.6 is 0 Å². The van der Waals surface area contributed by atoms with Crippen LogP contribution in [0.3, 0.4) is 0 Å². The van der Waals surface area contributed by atoms with Gasteiger partial charge in [0.1, 0.15) is 12.0 Å². The maximum Gasteiger partial charge on any atom is 0.196 e. The molecule has 0 radical (unpaired) electrons. The summed E-state index contributed by atoms with van der Waals surface area (Å²) >= 11 is 0. The zero-order chi connectivity index (χ0) is 10.1. The first-order chi connectivity index (χ1) is 6.74. The highest BCUT2D eigenvalue weighted by Gasteiger charge is 2.11. The van der Waals surface area contributed by atoms with E-state index in [4.69, 9.17) is 5.73 Å². The number of carbonyl (C=O) groups excluding carboxylic acids is 1. The van der Waals surface area contributed by atoms with Gasteiger partial charge in [0.2, 0.25) is 0 Å². The molecule has 0 aliphatic heterocycles. The monoisotopic (exact) mass is 189 g/mol. The zero-order valence-electron chi connectivity index (χ0n) is 7.90. The predicted molar refractivity (Wildman–Crippen MR) is 53.3 cm³/mol. The first-order valence-electron chi connectivity index (χ1n) is 4.40. The van der Waals surface area contributed by atoms with E-state index in [9.17, 15) is 4.79 Å². The first kappa shape index (κ1) is 8.90. The number of hydrogen-bond acceptors (Lipinski definition) is 3. The van der Waals surface area contributed by atoms with E-state index in [2.05, 4.69) is 4.98 Å². The average Bonchev–Trinajstić information content (AvgIpc) is 2.62. The van der Waals surface area contributed by atoms with Gasteiger partial charge in [-0.05, 0) is 19.1 Å². The van der Waals surface area contributed by atoms with Crippen molar-refractivity contribution >= 4 is 11.3 Å². The molecule has 0 spiro atoms. The molecule has 4 nitrogen and oxygen atoms in total. The summed E-state index contributed by atoms with van der Waals surface area (Å²) in [6.45, 7) is 1.96. The Balaban J connectivity index is 2.70. The third-order valence-electron chi connectivity index (χ3n) is 2.23. The Morgan fingerprint density at radius 1 is 1.57 bits per heavy atom. The summed E-state index contributed by atoms with van der Waals surface area (Å²) < 4.78 is 1.88. The second-order valence-corrected chi connectivity index (χ2v) is 3.14. The predicted octanol–water partition coefficient (Wildman–Crippen LogP) is 0.784. The summed E-state index contributed by atoms with van der Waals surface area (Å²) in [5.74, 6) is -0.127. The smallest absolute Gasteiger partial charge is 0.196 e. The molecule has 0 atom stereocenters. The lowest BCUT2D eigenvalue weighted by atomic mass is 10.2. The molecule has 14 heavy (non-hydrogen) atoms. The molecule has 0 fully saturated rings. The van der Waals surface area contributed by atoms with Crippen LogP contribution in [0.15, 0.2) is 24.5 Å². The molecule has 2 aromatic rings. The Kier molecular flexibility index (Phi) is 2.05. The van der Waals surface area contributed by atoms with Gasteiger partial charge in [0.15, 0.2) is 5.78 Å². The van der Waals surface area contributed by atoms with E-state index >= 15 is 0 Å². The van der Waals surface area contributed by atoms with E-state index in [1.807, 2.05) is 29.5 Å². The number of carbonyl (C=O) groups is 1. The largest absolute Gasteiger partial charge is 0.324 e. The number of aryl methyl sites for hydroxylation is 1. The molecule has 0 aliphatic carbocycles. The molecule has 0 bridgehead atoms. The maximum absolute atomic E-state index is 11.4. The van der Waals surface area contributed by atoms with Crippen LogP contribution in [-0.2, 0) is 0 Å². The van der Waals surface area contributed by atoms with Gasteiger partial charge in [-0.1, -0.05) is 6.07 Å². The van der Waals surface area contributed by atoms with Crippen molar-refractivity contribution in [3.8, 4) is 0 Å². The second-order valence-electron chi connectivity index (χ2n) is 3.14. The van der Waals surface area contributed by atoms with E-state index in [0.29, 0.717) is 5.69 Å². The van der Waals surface area contributed by atoms with Gasteiger partial charge in [0, 0.05) is 5.69 Å². The van der Waals surface area contributed by atoms with Crippen LogP contribution in [0.1, 0.15) is 16.2 Å². The number of fused-ring (bicyclic) bond motifs is 1. The first-order valence-corrected chi connectivity index (χ1v) is 4.40. The minimum Gasteiger partial charge on any atom is -0.324 e. The summed E-state index contributed by atoms with van der Waals surface area (Å²) in [6.07, 6.45) is 1.65. The highest BCUT2D eigenvalue weighted by atomic mass is 16.1. The number of nitrogens with zero attached hydrogens (tertiary/aromatic N) is 2. The van der Waals surface area contributed by atoms with Crippen molar-refractivity contribution < 1.29 is 4.79 Å². The highest BCUT2D eigenvalue weighted by Crippen LogP contribution is 2.11. The van der Waals surface area contributed by atoms with Crippen LogP contribution in [0.25, 0.3) is 5.52 Å². The minimum absolute atomic E-state index is 0.000610. The summed E-state index contributed by atoms with van der Waals surface area (Å²) in [5, 5.41) is 0. The molecule has 0 aromatic carbocycles.